The van der Waals surface area contributed by atoms with Crippen LogP contribution in [0.4, 0.5) is 5.95 Å². The van der Waals surface area contributed by atoms with Crippen molar-refractivity contribution >= 4 is 17.8 Å². The van der Waals surface area contributed by atoms with Gasteiger partial charge in [0, 0.05) is 0 Å². The zero-order chi connectivity index (χ0) is 12.1. The van der Waals surface area contributed by atoms with Crippen molar-refractivity contribution in [1.29, 1.82) is 0 Å². The molecule has 1 rings (SSSR count). The fourth-order valence-electron chi connectivity index (χ4n) is 1.15. The van der Waals surface area contributed by atoms with Crippen LogP contribution in [0.2, 0.25) is 0 Å². The van der Waals surface area contributed by atoms with E-state index in [0.717, 1.165) is 5.69 Å². The maximum Gasteiger partial charge on any atom is 0.394 e. The van der Waals surface area contributed by atoms with Crippen LogP contribution in [0.1, 0.15) is 25.2 Å². The van der Waals surface area contributed by atoms with Crippen LogP contribution in [-0.4, -0.2) is 32.2 Å². The lowest BCUT2D eigenvalue weighted by atomic mass is 10.2. The van der Waals surface area contributed by atoms with E-state index in [9.17, 15) is 9.59 Å². The van der Waals surface area contributed by atoms with Crippen LogP contribution in [0.3, 0.4) is 0 Å². The highest BCUT2D eigenvalue weighted by atomic mass is 16.4. The predicted molar refractivity (Wildman–Crippen MR) is 54.8 cm³/mol. The Labute approximate surface area is 91.9 Å². The zero-order valence-electron chi connectivity index (χ0n) is 9.02. The summed E-state index contributed by atoms with van der Waals surface area (Å²) >= 11 is 0. The van der Waals surface area contributed by atoms with Crippen LogP contribution in [0.15, 0.2) is 0 Å². The second-order valence-corrected chi connectivity index (χ2v) is 3.00. The highest BCUT2D eigenvalue weighted by molar-refractivity contribution is 6.36. The van der Waals surface area contributed by atoms with Gasteiger partial charge in [0.05, 0.1) is 11.4 Å². The molecule has 0 saturated carbocycles. The Morgan fingerprint density at radius 1 is 1.19 bits per heavy atom. The summed E-state index contributed by atoms with van der Waals surface area (Å²) in [5.74, 6) is -2.84. The molecule has 0 aliphatic heterocycles. The van der Waals surface area contributed by atoms with Crippen molar-refractivity contribution < 1.29 is 14.7 Å². The average molecular weight is 224 g/mol. The number of aromatic nitrogens is 3. The molecule has 0 aromatic carbocycles. The standard InChI is InChI=1S/C9H12N4O3/c1-3-5-6(4-2)12-13-9(10-5)11-7(14)8(15)16/h3-4H2,1-2H3,(H,15,16)(H,10,11,13,14). The van der Waals surface area contributed by atoms with Crippen molar-refractivity contribution in [2.75, 3.05) is 5.32 Å². The first-order valence-corrected chi connectivity index (χ1v) is 4.85. The Morgan fingerprint density at radius 2 is 1.81 bits per heavy atom. The van der Waals surface area contributed by atoms with Gasteiger partial charge in [0.15, 0.2) is 0 Å². The first-order valence-electron chi connectivity index (χ1n) is 4.85. The molecule has 2 N–H and O–H groups in total. The number of carboxylic acids is 1. The number of anilines is 1. The van der Waals surface area contributed by atoms with Gasteiger partial charge in [-0.2, -0.15) is 0 Å². The molecular formula is C9H12N4O3. The Hall–Kier alpha value is -2.05. The van der Waals surface area contributed by atoms with E-state index < -0.39 is 11.9 Å². The van der Waals surface area contributed by atoms with Gasteiger partial charge in [0.25, 0.3) is 0 Å². The summed E-state index contributed by atoms with van der Waals surface area (Å²) in [6, 6.07) is 0. The number of carbonyl (C=O) groups is 2. The van der Waals surface area contributed by atoms with Gasteiger partial charge in [-0.3, -0.25) is 10.1 Å². The minimum Gasteiger partial charge on any atom is -0.474 e. The van der Waals surface area contributed by atoms with Crippen molar-refractivity contribution in [1.82, 2.24) is 15.2 Å². The molecule has 0 unspecified atom stereocenters. The normalized spacial score (nSPS) is 9.88. The van der Waals surface area contributed by atoms with Crippen molar-refractivity contribution in [3.05, 3.63) is 11.4 Å². The van der Waals surface area contributed by atoms with E-state index >= 15 is 0 Å². The molecule has 0 saturated heterocycles. The summed E-state index contributed by atoms with van der Waals surface area (Å²) in [6.45, 7) is 3.81. The number of amides is 1. The van der Waals surface area contributed by atoms with Gasteiger partial charge in [0.1, 0.15) is 0 Å². The minimum absolute atomic E-state index is 0.0820. The van der Waals surface area contributed by atoms with Gasteiger partial charge >= 0.3 is 11.9 Å². The molecule has 0 radical (unpaired) electrons. The lowest BCUT2D eigenvalue weighted by Gasteiger charge is -2.05. The molecule has 1 aromatic rings. The topological polar surface area (TPSA) is 105 Å². The summed E-state index contributed by atoms with van der Waals surface area (Å²) in [6.07, 6.45) is 1.34. The lowest BCUT2D eigenvalue weighted by molar-refractivity contribution is -0.147. The van der Waals surface area contributed by atoms with Crippen LogP contribution in [-0.2, 0) is 22.4 Å². The number of hydrogen-bond donors (Lipinski definition) is 2. The summed E-state index contributed by atoms with van der Waals surface area (Å²) in [5.41, 5.74) is 1.45. The third kappa shape index (κ3) is 2.72. The number of carboxylic acid groups (broad SMARTS) is 1. The van der Waals surface area contributed by atoms with Crippen molar-refractivity contribution in [3.8, 4) is 0 Å². The Kier molecular flexibility index (Phi) is 3.87. The van der Waals surface area contributed by atoms with Gasteiger partial charge in [-0.15, -0.1) is 10.2 Å². The first kappa shape index (κ1) is 12.0. The van der Waals surface area contributed by atoms with Gasteiger partial charge in [-0.25, -0.2) is 9.78 Å². The van der Waals surface area contributed by atoms with Crippen molar-refractivity contribution in [3.63, 3.8) is 0 Å². The number of aryl methyl sites for hydroxylation is 2. The molecule has 0 bridgehead atoms. The molecule has 0 spiro atoms. The molecule has 1 aromatic heterocycles. The van der Waals surface area contributed by atoms with Gasteiger partial charge in [0.2, 0.25) is 5.95 Å². The molecule has 16 heavy (non-hydrogen) atoms. The highest BCUT2D eigenvalue weighted by Crippen LogP contribution is 2.06. The van der Waals surface area contributed by atoms with E-state index in [1.54, 1.807) is 0 Å². The fraction of sp³-hybridized carbons (Fsp3) is 0.444. The highest BCUT2D eigenvalue weighted by Gasteiger charge is 2.14. The first-order chi connectivity index (χ1) is 7.58. The van der Waals surface area contributed by atoms with Crippen LogP contribution < -0.4 is 5.32 Å². The second kappa shape index (κ2) is 5.15. The molecule has 86 valence electrons. The molecule has 0 aliphatic carbocycles. The smallest absolute Gasteiger partial charge is 0.394 e. The Balaban J connectivity index is 2.91. The van der Waals surface area contributed by atoms with Crippen LogP contribution >= 0.6 is 0 Å². The molecule has 7 nitrogen and oxygen atoms in total. The Bertz CT molecular complexity index is 419. The largest absolute Gasteiger partial charge is 0.474 e. The average Bonchev–Trinajstić information content (AvgIpc) is 2.28. The zero-order valence-corrected chi connectivity index (χ0v) is 9.02. The number of carbonyl (C=O) groups excluding carboxylic acids is 1. The van der Waals surface area contributed by atoms with E-state index in [0.29, 0.717) is 18.5 Å². The fourth-order valence-corrected chi connectivity index (χ4v) is 1.15. The summed E-state index contributed by atoms with van der Waals surface area (Å²) in [7, 11) is 0. The van der Waals surface area contributed by atoms with E-state index in [2.05, 4.69) is 15.2 Å². The predicted octanol–water partition coefficient (Wildman–Crippen LogP) is 0.0195. The number of rotatable bonds is 3. The number of nitrogens with zero attached hydrogens (tertiary/aromatic N) is 3. The molecule has 0 aliphatic rings. The second-order valence-electron chi connectivity index (χ2n) is 3.00. The maximum atomic E-state index is 10.8. The quantitative estimate of drug-likeness (QED) is 0.701. The summed E-state index contributed by atoms with van der Waals surface area (Å²) in [4.78, 5) is 25.2. The molecule has 0 atom stereocenters. The van der Waals surface area contributed by atoms with E-state index in [1.165, 1.54) is 0 Å². The minimum atomic E-state index is -1.58. The molecule has 0 fully saturated rings. The van der Waals surface area contributed by atoms with Crippen LogP contribution in [0, 0.1) is 0 Å². The molecule has 7 heteroatoms. The van der Waals surface area contributed by atoms with Gasteiger partial charge in [-0.1, -0.05) is 13.8 Å². The lowest BCUT2D eigenvalue weighted by Crippen LogP contribution is -2.24. The SMILES string of the molecule is CCc1nnc(NC(=O)C(=O)O)nc1CC. The van der Waals surface area contributed by atoms with E-state index in [-0.39, 0.29) is 5.95 Å². The van der Waals surface area contributed by atoms with Crippen LogP contribution in [0.5, 0.6) is 0 Å². The van der Waals surface area contributed by atoms with Gasteiger partial charge in [-0.05, 0) is 12.8 Å². The summed E-state index contributed by atoms with van der Waals surface area (Å²) in [5, 5.41) is 17.9. The van der Waals surface area contributed by atoms with Crippen molar-refractivity contribution in [2.24, 2.45) is 0 Å². The van der Waals surface area contributed by atoms with Crippen LogP contribution in [0.25, 0.3) is 0 Å². The number of nitrogens with one attached hydrogen (secondary N) is 1. The molecule has 1 heterocycles. The molecule has 1 amide bonds. The monoisotopic (exact) mass is 224 g/mol. The number of hydrogen-bond acceptors (Lipinski definition) is 5. The Morgan fingerprint density at radius 3 is 2.31 bits per heavy atom. The van der Waals surface area contributed by atoms with E-state index in [4.69, 9.17) is 5.11 Å². The van der Waals surface area contributed by atoms with Crippen molar-refractivity contribution in [2.45, 2.75) is 26.7 Å². The number of aliphatic carboxylic acids is 1. The summed E-state index contributed by atoms with van der Waals surface area (Å²) < 4.78 is 0. The molecular weight excluding hydrogens is 212 g/mol. The van der Waals surface area contributed by atoms with E-state index in [1.807, 2.05) is 19.2 Å². The third-order valence-corrected chi connectivity index (χ3v) is 1.93. The maximum absolute atomic E-state index is 10.8. The van der Waals surface area contributed by atoms with Gasteiger partial charge < -0.3 is 5.11 Å². The third-order valence-electron chi connectivity index (χ3n) is 1.93.